The van der Waals surface area contributed by atoms with Gasteiger partial charge < -0.3 is 25.4 Å². The summed E-state index contributed by atoms with van der Waals surface area (Å²) in [4.78, 5) is 51.2. The largest absolute Gasteiger partial charge is 0.467 e. The van der Waals surface area contributed by atoms with Crippen molar-refractivity contribution in [2.45, 2.75) is 82.9 Å². The molecule has 3 rings (SSSR count). The van der Waals surface area contributed by atoms with E-state index in [9.17, 15) is 28.0 Å². The van der Waals surface area contributed by atoms with Gasteiger partial charge in [0.25, 0.3) is 5.91 Å². The molecule has 0 bridgehead atoms. The normalized spacial score (nSPS) is 17.3. The molecule has 0 unspecified atom stereocenters. The number of nitrogens with zero attached hydrogens (tertiary/aromatic N) is 2. The molecule has 0 aliphatic heterocycles. The van der Waals surface area contributed by atoms with Gasteiger partial charge in [0.2, 0.25) is 11.8 Å². The summed E-state index contributed by atoms with van der Waals surface area (Å²) in [7, 11) is 2.80. The second-order valence-electron chi connectivity index (χ2n) is 11.7. The zero-order valence-electron chi connectivity index (χ0n) is 24.8. The van der Waals surface area contributed by atoms with Crippen molar-refractivity contribution in [1.29, 1.82) is 0 Å². The summed E-state index contributed by atoms with van der Waals surface area (Å²) in [6.07, 6.45) is 0.125. The van der Waals surface area contributed by atoms with Crippen LogP contribution in [0.15, 0.2) is 36.5 Å². The summed E-state index contributed by atoms with van der Waals surface area (Å²) in [5, 5.41) is 12.1. The maximum absolute atomic E-state index is 13.9. The molecule has 13 heteroatoms. The van der Waals surface area contributed by atoms with Crippen molar-refractivity contribution in [1.82, 2.24) is 20.4 Å². The minimum atomic E-state index is -2.81. The Hall–Kier alpha value is -4.03. The number of alkyl carbamates (subject to hydrolysis) is 1. The minimum absolute atomic E-state index is 0.0566. The number of hydrogen-bond acceptors (Lipinski definition) is 7. The lowest BCUT2D eigenvalue weighted by atomic mass is 9.73. The van der Waals surface area contributed by atoms with Crippen LogP contribution >= 0.6 is 0 Å². The molecule has 1 aliphatic rings. The van der Waals surface area contributed by atoms with Gasteiger partial charge in [-0.25, -0.2) is 18.4 Å². The van der Waals surface area contributed by atoms with E-state index < -0.39 is 52.9 Å². The summed E-state index contributed by atoms with van der Waals surface area (Å²) in [6.45, 7) is 6.64. The molecule has 3 N–H and O–H groups in total. The zero-order valence-corrected chi connectivity index (χ0v) is 24.8. The number of nitrogens with one attached hydrogen (secondary N) is 3. The standard InChI is InChI=1S/C29H39F2N5O6/c1-27(2,3)42-26(40)34-21(24(38)41-6)17-18-7-9-20(10-8-18)33-25(39)28(4,19-11-14-29(30,31)15-12-19)35-23(37)22-13-16-32-36(22)5/h7-10,13,16,19,21H,11-12,14-15,17H2,1-6H3,(H,33,39)(H,34,40)(H,35,37)/t21-,28-/m1/s1. The molecule has 2 atom stereocenters. The highest BCUT2D eigenvalue weighted by Gasteiger charge is 2.47. The van der Waals surface area contributed by atoms with Gasteiger partial charge in [-0.15, -0.1) is 0 Å². The molecule has 1 saturated carbocycles. The Kier molecular flexibility index (Phi) is 9.95. The van der Waals surface area contributed by atoms with Crippen molar-refractivity contribution in [2.24, 2.45) is 13.0 Å². The van der Waals surface area contributed by atoms with Gasteiger partial charge in [-0.05, 0) is 70.2 Å². The fourth-order valence-electron chi connectivity index (χ4n) is 4.86. The maximum atomic E-state index is 13.9. The molecule has 42 heavy (non-hydrogen) atoms. The van der Waals surface area contributed by atoms with Gasteiger partial charge in [-0.3, -0.25) is 14.3 Å². The van der Waals surface area contributed by atoms with Crippen LogP contribution in [0, 0.1) is 5.92 Å². The van der Waals surface area contributed by atoms with Gasteiger partial charge in [-0.1, -0.05) is 12.1 Å². The van der Waals surface area contributed by atoms with E-state index >= 15 is 0 Å². The number of esters is 1. The summed E-state index contributed by atoms with van der Waals surface area (Å²) in [5.74, 6) is -5.10. The number of ether oxygens (including phenoxy) is 2. The molecule has 1 fully saturated rings. The van der Waals surface area contributed by atoms with Gasteiger partial charge in [0.05, 0.1) is 7.11 Å². The Morgan fingerprint density at radius 2 is 1.69 bits per heavy atom. The predicted octanol–water partition coefficient (Wildman–Crippen LogP) is 3.98. The highest BCUT2D eigenvalue weighted by atomic mass is 19.3. The second kappa shape index (κ2) is 12.9. The average molecular weight is 592 g/mol. The van der Waals surface area contributed by atoms with E-state index in [4.69, 9.17) is 9.47 Å². The lowest BCUT2D eigenvalue weighted by Gasteiger charge is -2.40. The van der Waals surface area contributed by atoms with Gasteiger partial charge in [0.15, 0.2) is 0 Å². The first kappa shape index (κ1) is 32.5. The molecule has 1 heterocycles. The monoisotopic (exact) mass is 591 g/mol. The van der Waals surface area contributed by atoms with Crippen molar-refractivity contribution in [3.8, 4) is 0 Å². The number of halogens is 2. The van der Waals surface area contributed by atoms with Crippen LogP contribution in [0.3, 0.4) is 0 Å². The average Bonchev–Trinajstić information content (AvgIpc) is 3.33. The number of anilines is 1. The number of benzene rings is 1. The quantitative estimate of drug-likeness (QED) is 0.375. The molecular weight excluding hydrogens is 552 g/mol. The highest BCUT2D eigenvalue weighted by molar-refractivity contribution is 6.03. The molecular formula is C29H39F2N5O6. The smallest absolute Gasteiger partial charge is 0.408 e. The SMILES string of the molecule is COC(=O)[C@@H](Cc1ccc(NC(=O)[C@](C)(NC(=O)c2ccnn2C)C2CCC(F)(F)CC2)cc1)NC(=O)OC(C)(C)C. The Morgan fingerprint density at radius 1 is 1.07 bits per heavy atom. The number of hydrogen-bond donors (Lipinski definition) is 3. The van der Waals surface area contributed by atoms with E-state index in [-0.39, 0.29) is 37.8 Å². The number of carbonyl (C=O) groups excluding carboxylic acids is 4. The van der Waals surface area contributed by atoms with Crippen molar-refractivity contribution in [2.75, 3.05) is 12.4 Å². The summed E-state index contributed by atoms with van der Waals surface area (Å²) in [6, 6.07) is 7.02. The number of carbonyl (C=O) groups is 4. The van der Waals surface area contributed by atoms with Crippen LogP contribution < -0.4 is 16.0 Å². The van der Waals surface area contributed by atoms with Crippen LogP contribution in [0.25, 0.3) is 0 Å². The van der Waals surface area contributed by atoms with Crippen molar-refractivity contribution in [3.63, 3.8) is 0 Å². The lowest BCUT2D eigenvalue weighted by molar-refractivity contribution is -0.143. The Morgan fingerprint density at radius 3 is 2.21 bits per heavy atom. The van der Waals surface area contributed by atoms with Crippen molar-refractivity contribution >= 4 is 29.6 Å². The van der Waals surface area contributed by atoms with Crippen LogP contribution in [-0.2, 0) is 32.5 Å². The number of aromatic nitrogens is 2. The second-order valence-corrected chi connectivity index (χ2v) is 11.7. The number of methoxy groups -OCH3 is 1. The fraction of sp³-hybridized carbons (Fsp3) is 0.552. The lowest BCUT2D eigenvalue weighted by Crippen LogP contribution is -2.60. The highest BCUT2D eigenvalue weighted by Crippen LogP contribution is 2.41. The number of alkyl halides is 2. The predicted molar refractivity (Wildman–Crippen MR) is 150 cm³/mol. The topological polar surface area (TPSA) is 141 Å². The number of amides is 3. The van der Waals surface area contributed by atoms with Gasteiger partial charge >= 0.3 is 12.1 Å². The van der Waals surface area contributed by atoms with Crippen LogP contribution in [0.1, 0.15) is 69.4 Å². The first-order valence-corrected chi connectivity index (χ1v) is 13.7. The third-order valence-electron chi connectivity index (χ3n) is 7.26. The molecule has 0 radical (unpaired) electrons. The van der Waals surface area contributed by atoms with Gasteiger partial charge in [0, 0.05) is 38.2 Å². The van der Waals surface area contributed by atoms with Crippen molar-refractivity contribution in [3.05, 3.63) is 47.8 Å². The molecule has 11 nitrogen and oxygen atoms in total. The fourth-order valence-corrected chi connectivity index (χ4v) is 4.86. The molecule has 230 valence electrons. The van der Waals surface area contributed by atoms with Gasteiger partial charge in [-0.2, -0.15) is 5.10 Å². The Bertz CT molecular complexity index is 1280. The number of rotatable bonds is 9. The molecule has 1 aromatic carbocycles. The Balaban J connectivity index is 1.75. The molecule has 3 amide bonds. The summed E-state index contributed by atoms with van der Waals surface area (Å²) < 4.78 is 39.3. The molecule has 0 spiro atoms. The number of aryl methyl sites for hydroxylation is 1. The summed E-state index contributed by atoms with van der Waals surface area (Å²) in [5.41, 5.74) is -0.986. The van der Waals surface area contributed by atoms with E-state index in [0.29, 0.717) is 11.3 Å². The molecule has 2 aromatic rings. The molecule has 0 saturated heterocycles. The zero-order chi connectivity index (χ0) is 31.3. The third kappa shape index (κ3) is 8.49. The Labute approximate surface area is 243 Å². The summed E-state index contributed by atoms with van der Waals surface area (Å²) >= 11 is 0. The first-order chi connectivity index (χ1) is 19.5. The van der Waals surface area contributed by atoms with E-state index in [1.54, 1.807) is 59.0 Å². The minimum Gasteiger partial charge on any atom is -0.467 e. The maximum Gasteiger partial charge on any atom is 0.408 e. The van der Waals surface area contributed by atoms with E-state index in [1.807, 2.05) is 0 Å². The van der Waals surface area contributed by atoms with E-state index in [0.717, 1.165) is 0 Å². The van der Waals surface area contributed by atoms with Crippen LogP contribution in [-0.4, -0.2) is 63.9 Å². The van der Waals surface area contributed by atoms with Crippen LogP contribution in [0.2, 0.25) is 0 Å². The van der Waals surface area contributed by atoms with Crippen molar-refractivity contribution < 1.29 is 37.4 Å². The van der Waals surface area contributed by atoms with E-state index in [2.05, 4.69) is 21.0 Å². The van der Waals surface area contributed by atoms with E-state index in [1.165, 1.54) is 24.1 Å². The third-order valence-corrected chi connectivity index (χ3v) is 7.26. The molecule has 1 aliphatic carbocycles. The van der Waals surface area contributed by atoms with Crippen LogP contribution in [0.4, 0.5) is 19.3 Å². The van der Waals surface area contributed by atoms with Crippen LogP contribution in [0.5, 0.6) is 0 Å². The molecule has 1 aromatic heterocycles. The van der Waals surface area contributed by atoms with Gasteiger partial charge in [0.1, 0.15) is 22.9 Å². The first-order valence-electron chi connectivity index (χ1n) is 13.7.